The van der Waals surface area contributed by atoms with Crippen LogP contribution in [-0.2, 0) is 54.5 Å². The number of hydrogen-bond donors (Lipinski definition) is 0. The normalized spacial score (nSPS) is 39.6. The second-order valence-electron chi connectivity index (χ2n) is 22.2. The fourth-order valence-electron chi connectivity index (χ4n) is 17.0. The van der Waals surface area contributed by atoms with Gasteiger partial charge >= 0.3 is 75.7 Å². The predicted molar refractivity (Wildman–Crippen MR) is 278 cm³/mol. The number of nitrogens with zero attached hydrogens (tertiary/aromatic N) is 2. The van der Waals surface area contributed by atoms with E-state index in [4.69, 9.17) is 34.1 Å². The molecule has 8 aliphatic carbocycles. The van der Waals surface area contributed by atoms with Gasteiger partial charge in [0.05, 0.1) is 0 Å². The fourth-order valence-corrected chi connectivity index (χ4v) is 17.0. The standard InChI is InChI=1S/C42H64N2.2C5H10.4CH3.4ClH.2Zr/c1-25-13-19-37-35(21-25)39-33(29-9-5-7-11-31(29)41(39)43(37)3)23-27-15-17-28(18-16-27)24-34-30-10-6-8-12-32(30)42-40(34)36-22-26(2)14-20-38(36)44(42)4;2*1-2-4-5-3-1;;;;;;;;;;/h15-18,25-26,29-42H,5-14,19-24H2,1-4H3;2*1-5H2;4*1H3;4*1H;;/q;;;4*-1;;;;;2*+4/p-4. The molecule has 2 nitrogen and oxygen atoms in total. The van der Waals surface area contributed by atoms with Crippen molar-refractivity contribution in [2.45, 2.75) is 205 Å². The molecule has 11 rings (SSSR count). The first-order chi connectivity index (χ1) is 29.3. The summed E-state index contributed by atoms with van der Waals surface area (Å²) in [6.07, 6.45) is 38.6. The first-order valence-electron chi connectivity index (χ1n) is 25.7. The van der Waals surface area contributed by atoms with E-state index >= 15 is 0 Å². The first-order valence-corrected chi connectivity index (χ1v) is 38.4. The van der Waals surface area contributed by atoms with E-state index in [1.54, 1.807) is 11.1 Å². The molecule has 366 valence electrons. The van der Waals surface area contributed by atoms with Crippen LogP contribution in [0.1, 0.15) is 179 Å². The first kappa shape index (κ1) is 60.4. The summed E-state index contributed by atoms with van der Waals surface area (Å²) in [6, 6.07) is 14.0. The Balaban J connectivity index is 0.000000468. The van der Waals surface area contributed by atoms with Gasteiger partial charge < -0.3 is 29.7 Å². The third kappa shape index (κ3) is 14.2. The van der Waals surface area contributed by atoms with Crippen LogP contribution in [0.15, 0.2) is 24.3 Å². The van der Waals surface area contributed by atoms with Gasteiger partial charge in [-0.1, -0.05) is 128 Å². The summed E-state index contributed by atoms with van der Waals surface area (Å²) in [5.41, 5.74) is 3.33. The number of hydrogen-bond acceptors (Lipinski definition) is 2. The van der Waals surface area contributed by atoms with E-state index in [1.807, 2.05) is 0 Å². The Hall–Kier alpha value is 2.07. The molecule has 2 aliphatic heterocycles. The summed E-state index contributed by atoms with van der Waals surface area (Å²) in [5, 5.41) is 0. The molecule has 0 amide bonds. The van der Waals surface area contributed by atoms with Gasteiger partial charge in [0.15, 0.2) is 0 Å². The van der Waals surface area contributed by atoms with E-state index in [1.165, 1.54) is 167 Å². The van der Waals surface area contributed by atoms with Gasteiger partial charge in [-0.25, -0.2) is 0 Å². The second-order valence-corrected chi connectivity index (χ2v) is 29.7. The van der Waals surface area contributed by atoms with Crippen molar-refractivity contribution in [3.05, 3.63) is 65.1 Å². The topological polar surface area (TPSA) is 6.48 Å². The summed E-state index contributed by atoms with van der Waals surface area (Å²) in [7, 11) is 24.8. The van der Waals surface area contributed by atoms with Crippen molar-refractivity contribution in [1.29, 1.82) is 0 Å². The van der Waals surface area contributed by atoms with Crippen molar-refractivity contribution in [2.24, 2.45) is 71.0 Å². The molecule has 2 heterocycles. The van der Waals surface area contributed by atoms with E-state index in [9.17, 15) is 0 Å². The summed E-state index contributed by atoms with van der Waals surface area (Å²) < 4.78 is 0. The molecule has 0 radical (unpaired) electrons. The molecule has 16 atom stereocenters. The van der Waals surface area contributed by atoms with Gasteiger partial charge in [-0.2, -0.15) is 0 Å². The predicted octanol–water partition coefficient (Wildman–Crippen LogP) is 17.6. The third-order valence-corrected chi connectivity index (χ3v) is 19.2. The van der Waals surface area contributed by atoms with Gasteiger partial charge in [-0.05, 0) is 173 Å². The quantitative estimate of drug-likeness (QED) is 0.277. The van der Waals surface area contributed by atoms with E-state index in [0.717, 1.165) is 95.2 Å². The van der Waals surface area contributed by atoms with Crippen LogP contribution in [-0.4, -0.2) is 48.1 Å². The van der Waals surface area contributed by atoms with Crippen LogP contribution < -0.4 is 0 Å². The molecule has 8 saturated carbocycles. The van der Waals surface area contributed by atoms with Crippen molar-refractivity contribution in [1.82, 2.24) is 9.80 Å². The zero-order valence-corrected chi connectivity index (χ0v) is 50.3. The average molecular weight is 1120 g/mol. The van der Waals surface area contributed by atoms with Gasteiger partial charge in [0, 0.05) is 24.2 Å². The summed E-state index contributed by atoms with van der Waals surface area (Å²) in [6.45, 7) is 5.11. The number of halogens is 4. The Labute approximate surface area is 436 Å². The molecule has 8 heteroatoms. The van der Waals surface area contributed by atoms with Crippen LogP contribution in [0.4, 0.5) is 0 Å². The van der Waals surface area contributed by atoms with Crippen LogP contribution in [0.5, 0.6) is 0 Å². The van der Waals surface area contributed by atoms with E-state index < -0.39 is 41.7 Å². The molecule has 1 aromatic rings. The van der Waals surface area contributed by atoms with Crippen LogP contribution in [0.2, 0.25) is 0 Å². The molecule has 1 aromatic carbocycles. The molecule has 64 heavy (non-hydrogen) atoms. The Morgan fingerprint density at radius 1 is 0.422 bits per heavy atom. The molecular formula is C56H96Cl4N2Zr2. The van der Waals surface area contributed by atoms with Crippen molar-refractivity contribution >= 4 is 34.1 Å². The summed E-state index contributed by atoms with van der Waals surface area (Å²) in [4.78, 5) is 5.91. The monoisotopic (exact) mass is 1120 g/mol. The minimum absolute atomic E-state index is 0. The van der Waals surface area contributed by atoms with Crippen LogP contribution in [0.3, 0.4) is 0 Å². The number of fused-ring (bicyclic) bond motifs is 10. The zero-order chi connectivity index (χ0) is 42.2. The number of benzene rings is 1. The van der Waals surface area contributed by atoms with Gasteiger partial charge in [0.2, 0.25) is 0 Å². The Bertz CT molecular complexity index is 1280. The minimum atomic E-state index is -0.826. The van der Waals surface area contributed by atoms with Crippen molar-refractivity contribution in [3.63, 3.8) is 0 Å². The van der Waals surface area contributed by atoms with E-state index in [-0.39, 0.29) is 29.7 Å². The van der Waals surface area contributed by atoms with Gasteiger partial charge in [-0.3, -0.25) is 9.80 Å². The van der Waals surface area contributed by atoms with E-state index in [2.05, 4.69) is 62.0 Å². The van der Waals surface area contributed by atoms with Crippen molar-refractivity contribution in [2.75, 3.05) is 14.1 Å². The number of likely N-dealkylation sites (tertiary alicyclic amines) is 2. The summed E-state index contributed by atoms with van der Waals surface area (Å²) >= 11 is -1.65. The SMILES string of the molecule is C1CCCC1.C1CCCC1.CC1CCC2C(C1)C1C(Cc3ccc(CC4C5CCCCC5C5C4C4CC(C)CCC4N5C)cc3)C3CCCCC3C1N2C.[CH3-].[CH3-].[CH3-].[CH3-].[Cl][Zr+2][Cl].[Cl][Zr+2][Cl]. The zero-order valence-electron chi connectivity index (χ0n) is 42.3. The molecule has 10 fully saturated rings. The molecule has 2 saturated heterocycles. The van der Waals surface area contributed by atoms with E-state index in [0.29, 0.717) is 0 Å². The average Bonchev–Trinajstić information content (AvgIpc) is 4.13. The fraction of sp³-hybridized carbons (Fsp3) is 0.821. The molecule has 0 aromatic heterocycles. The molecule has 16 unspecified atom stereocenters. The van der Waals surface area contributed by atoms with Crippen molar-refractivity contribution in [3.8, 4) is 0 Å². The van der Waals surface area contributed by atoms with Crippen LogP contribution >= 0.6 is 34.1 Å². The van der Waals surface area contributed by atoms with Gasteiger partial charge in [0.25, 0.3) is 0 Å². The molecule has 0 N–H and O–H groups in total. The Morgan fingerprint density at radius 3 is 1.00 bits per heavy atom. The van der Waals surface area contributed by atoms with Crippen LogP contribution in [0, 0.1) is 101 Å². The van der Waals surface area contributed by atoms with Gasteiger partial charge in [-0.15, -0.1) is 0 Å². The molecule has 0 spiro atoms. The Morgan fingerprint density at radius 2 is 0.703 bits per heavy atom. The Kier molecular flexibility index (Phi) is 28.5. The molecule has 0 bridgehead atoms. The maximum absolute atomic E-state index is 4.93. The van der Waals surface area contributed by atoms with Gasteiger partial charge in [0.1, 0.15) is 0 Å². The maximum atomic E-state index is 4.93. The summed E-state index contributed by atoms with van der Waals surface area (Å²) in [5.74, 6) is 11.6. The third-order valence-electron chi connectivity index (χ3n) is 19.2. The second kappa shape index (κ2) is 30.2. The molecule has 10 aliphatic rings. The van der Waals surface area contributed by atoms with Crippen molar-refractivity contribution < 1.29 is 41.7 Å². The number of rotatable bonds is 4. The molecular weight excluding hydrogens is 1020 g/mol. The van der Waals surface area contributed by atoms with Crippen LogP contribution in [0.25, 0.3) is 0 Å².